The highest BCUT2D eigenvalue weighted by Gasteiger charge is 2.18. The Kier molecular flexibility index (Phi) is 5.30. The van der Waals surface area contributed by atoms with Crippen LogP contribution in [0.5, 0.6) is 5.75 Å². The number of carbonyl (C=O) groups is 1. The van der Waals surface area contributed by atoms with Gasteiger partial charge in [0, 0.05) is 13.1 Å². The molecule has 0 saturated heterocycles. The minimum atomic E-state index is -0.502. The van der Waals surface area contributed by atoms with E-state index >= 15 is 0 Å². The third kappa shape index (κ3) is 4.29. The fraction of sp³-hybridized carbons (Fsp3) is 0.235. The fourth-order valence-corrected chi connectivity index (χ4v) is 2.10. The van der Waals surface area contributed by atoms with Crippen LogP contribution in [0.15, 0.2) is 54.6 Å². The number of hydrogen-bond donors (Lipinski definition) is 0. The number of rotatable bonds is 6. The van der Waals surface area contributed by atoms with E-state index < -0.39 is 4.92 Å². The summed E-state index contributed by atoms with van der Waals surface area (Å²) in [6, 6.07) is 15.4. The Morgan fingerprint density at radius 1 is 1.22 bits per heavy atom. The lowest BCUT2D eigenvalue weighted by molar-refractivity contribution is -0.384. The van der Waals surface area contributed by atoms with Crippen LogP contribution in [0.25, 0.3) is 0 Å². The Hall–Kier alpha value is -2.89. The first kappa shape index (κ1) is 16.5. The van der Waals surface area contributed by atoms with Gasteiger partial charge in [0.15, 0.2) is 6.61 Å². The third-order valence-electron chi connectivity index (χ3n) is 3.65. The molecule has 23 heavy (non-hydrogen) atoms. The van der Waals surface area contributed by atoms with E-state index in [0.29, 0.717) is 5.75 Å². The van der Waals surface area contributed by atoms with Crippen LogP contribution in [0, 0.1) is 10.1 Å². The van der Waals surface area contributed by atoms with Crippen molar-refractivity contribution in [3.8, 4) is 5.75 Å². The lowest BCUT2D eigenvalue weighted by Gasteiger charge is -2.25. The van der Waals surface area contributed by atoms with E-state index in [1.807, 2.05) is 37.3 Å². The van der Waals surface area contributed by atoms with E-state index in [1.165, 1.54) is 18.2 Å². The number of hydrogen-bond acceptors (Lipinski definition) is 4. The van der Waals surface area contributed by atoms with Crippen molar-refractivity contribution in [1.82, 2.24) is 4.90 Å². The Labute approximate surface area is 134 Å². The summed E-state index contributed by atoms with van der Waals surface area (Å²) >= 11 is 0. The second-order valence-corrected chi connectivity index (χ2v) is 5.13. The molecule has 120 valence electrons. The van der Waals surface area contributed by atoms with Crippen molar-refractivity contribution >= 4 is 11.6 Å². The number of amides is 1. The molecule has 0 heterocycles. The van der Waals surface area contributed by atoms with Gasteiger partial charge in [-0.05, 0) is 18.6 Å². The van der Waals surface area contributed by atoms with Gasteiger partial charge in [-0.3, -0.25) is 14.9 Å². The average Bonchev–Trinajstić information content (AvgIpc) is 2.59. The Balaban J connectivity index is 1.96. The summed E-state index contributed by atoms with van der Waals surface area (Å²) in [6.07, 6.45) is 0. The second-order valence-electron chi connectivity index (χ2n) is 5.13. The SMILES string of the molecule is CC(c1ccccc1)N(C)C(=O)COc1cccc([N+](=O)[O-])c1. The standard InChI is InChI=1S/C17H18N2O4/c1-13(14-7-4-3-5-8-14)18(2)17(20)12-23-16-10-6-9-15(11-16)19(21)22/h3-11,13H,12H2,1-2H3. The van der Waals surface area contributed by atoms with Gasteiger partial charge in [-0.2, -0.15) is 0 Å². The van der Waals surface area contributed by atoms with Gasteiger partial charge in [0.05, 0.1) is 17.0 Å². The molecule has 0 aliphatic heterocycles. The molecule has 2 rings (SSSR count). The largest absolute Gasteiger partial charge is 0.484 e. The van der Waals surface area contributed by atoms with Crippen molar-refractivity contribution < 1.29 is 14.5 Å². The topological polar surface area (TPSA) is 72.7 Å². The van der Waals surface area contributed by atoms with Gasteiger partial charge >= 0.3 is 0 Å². The van der Waals surface area contributed by atoms with Crippen LogP contribution in [0.1, 0.15) is 18.5 Å². The molecule has 0 aromatic heterocycles. The van der Waals surface area contributed by atoms with Crippen LogP contribution in [0.4, 0.5) is 5.69 Å². The predicted molar refractivity (Wildman–Crippen MR) is 86.2 cm³/mol. The van der Waals surface area contributed by atoms with E-state index in [9.17, 15) is 14.9 Å². The summed E-state index contributed by atoms with van der Waals surface area (Å²) in [6.45, 7) is 1.76. The average molecular weight is 314 g/mol. The van der Waals surface area contributed by atoms with Gasteiger partial charge in [-0.1, -0.05) is 36.4 Å². The molecule has 0 aliphatic carbocycles. The first-order valence-corrected chi connectivity index (χ1v) is 7.17. The Bertz CT molecular complexity index is 688. The molecule has 0 N–H and O–H groups in total. The normalized spacial score (nSPS) is 11.6. The molecule has 0 fully saturated rings. The number of ether oxygens (including phenoxy) is 1. The smallest absolute Gasteiger partial charge is 0.273 e. The zero-order valence-electron chi connectivity index (χ0n) is 13.0. The monoisotopic (exact) mass is 314 g/mol. The molecule has 2 aromatic carbocycles. The van der Waals surface area contributed by atoms with Crippen LogP contribution in [0.2, 0.25) is 0 Å². The van der Waals surface area contributed by atoms with Crippen LogP contribution in [0.3, 0.4) is 0 Å². The molecule has 1 unspecified atom stereocenters. The summed E-state index contributed by atoms with van der Waals surface area (Å²) in [5.41, 5.74) is 0.958. The van der Waals surface area contributed by atoms with Crippen LogP contribution in [-0.4, -0.2) is 29.4 Å². The highest BCUT2D eigenvalue weighted by atomic mass is 16.6. The maximum absolute atomic E-state index is 12.2. The Morgan fingerprint density at radius 2 is 1.91 bits per heavy atom. The maximum atomic E-state index is 12.2. The molecule has 1 amide bonds. The fourth-order valence-electron chi connectivity index (χ4n) is 2.10. The van der Waals surface area contributed by atoms with E-state index in [2.05, 4.69) is 0 Å². The molecule has 6 nitrogen and oxygen atoms in total. The van der Waals surface area contributed by atoms with Gasteiger partial charge in [0.25, 0.3) is 11.6 Å². The van der Waals surface area contributed by atoms with E-state index in [1.54, 1.807) is 18.0 Å². The molecule has 0 radical (unpaired) electrons. The van der Waals surface area contributed by atoms with Crippen molar-refractivity contribution in [2.45, 2.75) is 13.0 Å². The molecule has 2 aromatic rings. The Morgan fingerprint density at radius 3 is 2.57 bits per heavy atom. The van der Waals surface area contributed by atoms with Gasteiger partial charge in [0.2, 0.25) is 0 Å². The summed E-state index contributed by atoms with van der Waals surface area (Å²) in [4.78, 5) is 24.0. The summed E-state index contributed by atoms with van der Waals surface area (Å²) in [5.74, 6) is 0.0983. The lowest BCUT2D eigenvalue weighted by Crippen LogP contribution is -2.33. The van der Waals surface area contributed by atoms with Gasteiger partial charge in [-0.25, -0.2) is 0 Å². The minimum Gasteiger partial charge on any atom is -0.484 e. The predicted octanol–water partition coefficient (Wildman–Crippen LogP) is 3.19. The first-order chi connectivity index (χ1) is 11.0. The minimum absolute atomic E-state index is 0.0686. The number of nitrogens with zero attached hydrogens (tertiary/aromatic N) is 2. The molecular formula is C17H18N2O4. The van der Waals surface area contributed by atoms with Crippen molar-refractivity contribution in [2.24, 2.45) is 0 Å². The zero-order valence-corrected chi connectivity index (χ0v) is 13.0. The van der Waals surface area contributed by atoms with E-state index in [4.69, 9.17) is 4.74 Å². The van der Waals surface area contributed by atoms with Crippen molar-refractivity contribution in [3.05, 3.63) is 70.3 Å². The van der Waals surface area contributed by atoms with Crippen LogP contribution in [-0.2, 0) is 4.79 Å². The molecule has 0 bridgehead atoms. The molecular weight excluding hydrogens is 296 g/mol. The van der Waals surface area contributed by atoms with E-state index in [-0.39, 0.29) is 24.2 Å². The van der Waals surface area contributed by atoms with Crippen molar-refractivity contribution in [3.63, 3.8) is 0 Å². The first-order valence-electron chi connectivity index (χ1n) is 7.17. The van der Waals surface area contributed by atoms with E-state index in [0.717, 1.165) is 5.56 Å². The van der Waals surface area contributed by atoms with Crippen LogP contribution < -0.4 is 4.74 Å². The molecule has 1 atom stereocenters. The number of benzene rings is 2. The summed E-state index contributed by atoms with van der Waals surface area (Å²) in [5, 5.41) is 10.7. The molecule has 0 saturated carbocycles. The molecule has 0 aliphatic rings. The van der Waals surface area contributed by atoms with Crippen molar-refractivity contribution in [2.75, 3.05) is 13.7 Å². The molecule has 6 heteroatoms. The quantitative estimate of drug-likeness (QED) is 0.606. The number of likely N-dealkylation sites (N-methyl/N-ethyl adjacent to an activating group) is 1. The zero-order chi connectivity index (χ0) is 16.8. The highest BCUT2D eigenvalue weighted by Crippen LogP contribution is 2.21. The van der Waals surface area contributed by atoms with Gasteiger partial charge in [-0.15, -0.1) is 0 Å². The van der Waals surface area contributed by atoms with Gasteiger partial charge in [0.1, 0.15) is 5.75 Å². The molecule has 0 spiro atoms. The van der Waals surface area contributed by atoms with Gasteiger partial charge < -0.3 is 9.64 Å². The maximum Gasteiger partial charge on any atom is 0.273 e. The number of nitro groups is 1. The number of non-ortho nitro benzene ring substituents is 1. The van der Waals surface area contributed by atoms with Crippen LogP contribution >= 0.6 is 0 Å². The second kappa shape index (κ2) is 7.40. The summed E-state index contributed by atoms with van der Waals surface area (Å²) in [7, 11) is 1.71. The van der Waals surface area contributed by atoms with Crippen molar-refractivity contribution in [1.29, 1.82) is 0 Å². The highest BCUT2D eigenvalue weighted by molar-refractivity contribution is 5.78. The number of nitro benzene ring substituents is 1. The lowest BCUT2D eigenvalue weighted by atomic mass is 10.1. The third-order valence-corrected chi connectivity index (χ3v) is 3.65. The number of carbonyl (C=O) groups excluding carboxylic acids is 1. The summed E-state index contributed by atoms with van der Waals surface area (Å²) < 4.78 is 5.37.